The maximum absolute atomic E-state index is 6.26. The van der Waals surface area contributed by atoms with Crippen molar-refractivity contribution in [1.29, 1.82) is 0 Å². The number of rotatable bonds is 7. The molecule has 0 spiro atoms. The maximum atomic E-state index is 6.26. The summed E-state index contributed by atoms with van der Waals surface area (Å²) in [5.74, 6) is 1.67. The summed E-state index contributed by atoms with van der Waals surface area (Å²) in [6.07, 6.45) is 5.14. The van der Waals surface area contributed by atoms with Gasteiger partial charge in [-0.1, -0.05) is 25.3 Å². The molecule has 1 fully saturated rings. The monoisotopic (exact) mass is 327 g/mol. The molecule has 2 N–H and O–H groups in total. The summed E-state index contributed by atoms with van der Waals surface area (Å²) in [6, 6.07) is 6.26. The molecule has 2 rings (SSSR count). The molecule has 1 aliphatic carbocycles. The van der Waals surface area contributed by atoms with E-state index in [-0.39, 0.29) is 6.04 Å². The zero-order valence-electron chi connectivity index (χ0n) is 11.4. The Morgan fingerprint density at radius 1 is 1.37 bits per heavy atom. The van der Waals surface area contributed by atoms with Gasteiger partial charge in [-0.2, -0.15) is 0 Å². The molecule has 0 heterocycles. The highest BCUT2D eigenvalue weighted by Gasteiger charge is 2.21. The van der Waals surface area contributed by atoms with E-state index in [1.807, 2.05) is 6.07 Å². The molecular formula is C15H22BrNO2. The van der Waals surface area contributed by atoms with Crippen molar-refractivity contribution < 1.29 is 9.47 Å². The van der Waals surface area contributed by atoms with Gasteiger partial charge in [-0.15, -0.1) is 0 Å². The fourth-order valence-electron chi connectivity index (χ4n) is 2.32. The van der Waals surface area contributed by atoms with Crippen molar-refractivity contribution in [2.75, 3.05) is 20.3 Å². The molecule has 1 aliphatic rings. The average molecular weight is 328 g/mol. The van der Waals surface area contributed by atoms with Gasteiger partial charge in [-0.3, -0.25) is 0 Å². The van der Waals surface area contributed by atoms with E-state index >= 15 is 0 Å². The molecule has 19 heavy (non-hydrogen) atoms. The molecule has 1 atom stereocenters. The van der Waals surface area contributed by atoms with Crippen LogP contribution in [0.1, 0.15) is 37.3 Å². The Morgan fingerprint density at radius 2 is 2.16 bits per heavy atom. The van der Waals surface area contributed by atoms with Crippen molar-refractivity contribution in [3.63, 3.8) is 0 Å². The lowest BCUT2D eigenvalue weighted by Gasteiger charge is -2.28. The van der Waals surface area contributed by atoms with Gasteiger partial charge in [-0.25, -0.2) is 0 Å². The van der Waals surface area contributed by atoms with Crippen LogP contribution in [0.3, 0.4) is 0 Å². The van der Waals surface area contributed by atoms with Crippen molar-refractivity contribution >= 4 is 15.9 Å². The van der Waals surface area contributed by atoms with Gasteiger partial charge in [0.2, 0.25) is 0 Å². The molecule has 0 aromatic heterocycles. The third-order valence-corrected chi connectivity index (χ3v) is 4.36. The molecule has 4 heteroatoms. The molecular weight excluding hydrogens is 306 g/mol. The first kappa shape index (κ1) is 14.8. The van der Waals surface area contributed by atoms with Crippen LogP contribution in [0.4, 0.5) is 0 Å². The third-order valence-electron chi connectivity index (χ3n) is 3.74. The van der Waals surface area contributed by atoms with Crippen LogP contribution in [0.15, 0.2) is 22.7 Å². The molecule has 0 bridgehead atoms. The second kappa shape index (κ2) is 7.27. The Morgan fingerprint density at radius 3 is 2.74 bits per heavy atom. The van der Waals surface area contributed by atoms with Crippen LogP contribution in [0.25, 0.3) is 0 Å². The van der Waals surface area contributed by atoms with E-state index < -0.39 is 0 Å². The zero-order chi connectivity index (χ0) is 13.7. The van der Waals surface area contributed by atoms with Crippen LogP contribution in [0.2, 0.25) is 0 Å². The lowest BCUT2D eigenvalue weighted by Crippen LogP contribution is -2.20. The number of benzene rings is 1. The quantitative estimate of drug-likeness (QED) is 0.777. The van der Waals surface area contributed by atoms with E-state index in [2.05, 4.69) is 28.1 Å². The van der Waals surface area contributed by atoms with E-state index in [0.29, 0.717) is 13.2 Å². The molecule has 0 radical (unpaired) electrons. The Hall–Kier alpha value is -0.580. The summed E-state index contributed by atoms with van der Waals surface area (Å²) in [6.45, 7) is 1.15. The molecule has 1 saturated carbocycles. The first-order valence-corrected chi connectivity index (χ1v) is 7.66. The van der Waals surface area contributed by atoms with Crippen molar-refractivity contribution in [1.82, 2.24) is 0 Å². The second-order valence-electron chi connectivity index (χ2n) is 5.17. The summed E-state index contributed by atoms with van der Waals surface area (Å²) < 4.78 is 11.5. The summed E-state index contributed by atoms with van der Waals surface area (Å²) in [4.78, 5) is 0. The Labute approximate surface area is 123 Å². The fourth-order valence-corrected chi connectivity index (χ4v) is 2.83. The Balaban J connectivity index is 1.92. The number of nitrogens with two attached hydrogens (primary N) is 1. The zero-order valence-corrected chi connectivity index (χ0v) is 13.0. The van der Waals surface area contributed by atoms with E-state index in [9.17, 15) is 0 Å². The minimum atomic E-state index is 0.134. The van der Waals surface area contributed by atoms with Gasteiger partial charge in [0.25, 0.3) is 0 Å². The lowest BCUT2D eigenvalue weighted by atomic mass is 9.80. The van der Waals surface area contributed by atoms with Crippen molar-refractivity contribution in [2.45, 2.75) is 31.7 Å². The van der Waals surface area contributed by atoms with Gasteiger partial charge in [-0.05, 0) is 46.0 Å². The lowest BCUT2D eigenvalue weighted by molar-refractivity contribution is 0.146. The standard InChI is InChI=1S/C15H22BrNO2/c1-18-7-8-19-15-6-5-12(10-13(15)16)14(17)9-11-3-2-4-11/h5-6,10-11,14H,2-4,7-9,17H2,1H3. The summed E-state index contributed by atoms with van der Waals surface area (Å²) in [5, 5.41) is 0. The number of halogens is 1. The predicted molar refractivity (Wildman–Crippen MR) is 80.4 cm³/mol. The number of hydrogen-bond acceptors (Lipinski definition) is 3. The van der Waals surface area contributed by atoms with Crippen LogP contribution in [-0.2, 0) is 4.74 Å². The smallest absolute Gasteiger partial charge is 0.133 e. The first-order chi connectivity index (χ1) is 9.20. The van der Waals surface area contributed by atoms with Gasteiger partial charge in [0.15, 0.2) is 0 Å². The summed E-state index contributed by atoms with van der Waals surface area (Å²) in [7, 11) is 1.67. The highest BCUT2D eigenvalue weighted by Crippen LogP contribution is 2.35. The third kappa shape index (κ3) is 4.20. The van der Waals surface area contributed by atoms with Crippen LogP contribution in [0.5, 0.6) is 5.75 Å². The summed E-state index contributed by atoms with van der Waals surface area (Å²) >= 11 is 3.54. The minimum absolute atomic E-state index is 0.134. The highest BCUT2D eigenvalue weighted by atomic mass is 79.9. The maximum Gasteiger partial charge on any atom is 0.133 e. The normalized spacial score (nSPS) is 17.0. The van der Waals surface area contributed by atoms with Crippen molar-refractivity contribution in [3.8, 4) is 5.75 Å². The second-order valence-corrected chi connectivity index (χ2v) is 6.02. The van der Waals surface area contributed by atoms with Crippen LogP contribution < -0.4 is 10.5 Å². The largest absolute Gasteiger partial charge is 0.490 e. The van der Waals surface area contributed by atoms with Crippen LogP contribution in [0, 0.1) is 5.92 Å². The van der Waals surface area contributed by atoms with Crippen LogP contribution in [-0.4, -0.2) is 20.3 Å². The fraction of sp³-hybridized carbons (Fsp3) is 0.600. The van der Waals surface area contributed by atoms with Gasteiger partial charge in [0.1, 0.15) is 12.4 Å². The molecule has 0 aliphatic heterocycles. The topological polar surface area (TPSA) is 44.5 Å². The van der Waals surface area contributed by atoms with E-state index in [4.69, 9.17) is 15.2 Å². The first-order valence-electron chi connectivity index (χ1n) is 6.87. The van der Waals surface area contributed by atoms with Gasteiger partial charge < -0.3 is 15.2 Å². The number of ether oxygens (including phenoxy) is 2. The van der Waals surface area contributed by atoms with Gasteiger partial charge in [0, 0.05) is 13.2 Å². The van der Waals surface area contributed by atoms with Gasteiger partial charge >= 0.3 is 0 Å². The molecule has 3 nitrogen and oxygen atoms in total. The van der Waals surface area contributed by atoms with Crippen molar-refractivity contribution in [2.24, 2.45) is 11.7 Å². The summed E-state index contributed by atoms with van der Waals surface area (Å²) in [5.41, 5.74) is 7.44. The predicted octanol–water partition coefficient (Wildman–Crippen LogP) is 3.66. The molecule has 106 valence electrons. The Kier molecular flexibility index (Phi) is 5.67. The molecule has 1 aromatic rings. The molecule has 0 saturated heterocycles. The van der Waals surface area contributed by atoms with E-state index in [1.165, 1.54) is 24.8 Å². The average Bonchev–Trinajstić information content (AvgIpc) is 2.35. The SMILES string of the molecule is COCCOc1ccc(C(N)CC2CCC2)cc1Br. The van der Waals surface area contributed by atoms with E-state index in [0.717, 1.165) is 22.6 Å². The Bertz CT molecular complexity index is 407. The van der Waals surface area contributed by atoms with Crippen molar-refractivity contribution in [3.05, 3.63) is 28.2 Å². The molecule has 1 aromatic carbocycles. The van der Waals surface area contributed by atoms with Crippen LogP contribution >= 0.6 is 15.9 Å². The molecule has 0 amide bonds. The molecule has 1 unspecified atom stereocenters. The highest BCUT2D eigenvalue weighted by molar-refractivity contribution is 9.10. The van der Waals surface area contributed by atoms with E-state index in [1.54, 1.807) is 7.11 Å². The van der Waals surface area contributed by atoms with Gasteiger partial charge in [0.05, 0.1) is 11.1 Å². The number of methoxy groups -OCH3 is 1. The minimum Gasteiger partial charge on any atom is -0.490 e. The number of hydrogen-bond donors (Lipinski definition) is 1.